The molecule has 2 saturated heterocycles. The van der Waals surface area contributed by atoms with Gasteiger partial charge >= 0.3 is 6.03 Å². The monoisotopic (exact) mass is 439 g/mol. The molecule has 2 heterocycles. The number of hydrogen-bond donors (Lipinski definition) is 4. The molecule has 0 bridgehead atoms. The van der Waals surface area contributed by atoms with Crippen molar-refractivity contribution in [2.45, 2.75) is 62.9 Å². The topological polar surface area (TPSA) is 152 Å². The van der Waals surface area contributed by atoms with Crippen LogP contribution in [0.15, 0.2) is 5.29 Å². The molecule has 0 spiro atoms. The van der Waals surface area contributed by atoms with Crippen molar-refractivity contribution in [2.24, 2.45) is 11.2 Å². The number of rotatable bonds is 8. The quantitative estimate of drug-likeness (QED) is 0.178. The van der Waals surface area contributed by atoms with E-state index in [2.05, 4.69) is 5.29 Å². The molecular formula is C17H30ClN3O8. The third-order valence-electron chi connectivity index (χ3n) is 5.19. The fourth-order valence-corrected chi connectivity index (χ4v) is 3.85. The molecule has 1 unspecified atom stereocenters. The van der Waals surface area contributed by atoms with Gasteiger partial charge in [-0.2, -0.15) is 5.01 Å². The Morgan fingerprint density at radius 1 is 1.31 bits per heavy atom. The molecule has 4 N–H and O–H groups in total. The predicted molar refractivity (Wildman–Crippen MR) is 102 cm³/mol. The molecule has 2 amide bonds. The fraction of sp³-hybridized carbons (Fsp3) is 0.941. The molecule has 2 rings (SSSR count). The Hall–Kier alpha value is -1.08. The van der Waals surface area contributed by atoms with E-state index in [1.165, 1.54) is 0 Å². The summed E-state index contributed by atoms with van der Waals surface area (Å²) in [5.74, 6) is -2.27. The van der Waals surface area contributed by atoms with Crippen LogP contribution in [0.3, 0.4) is 0 Å². The van der Waals surface area contributed by atoms with Gasteiger partial charge in [0.05, 0.1) is 24.5 Å². The van der Waals surface area contributed by atoms with Crippen LogP contribution in [0.5, 0.6) is 0 Å². The smallest absolute Gasteiger partial charge is 0.345 e. The molecule has 0 aromatic carbocycles. The first-order chi connectivity index (χ1) is 13.6. The molecular weight excluding hydrogens is 410 g/mol. The Balaban J connectivity index is 2.32. The molecule has 12 heteroatoms. The van der Waals surface area contributed by atoms with E-state index >= 15 is 0 Å². The lowest BCUT2D eigenvalue weighted by Gasteiger charge is -2.52. The highest BCUT2D eigenvalue weighted by molar-refractivity contribution is 6.18. The number of ether oxygens (including phenoxy) is 2. The number of halogens is 1. The second kappa shape index (κ2) is 9.82. The van der Waals surface area contributed by atoms with Gasteiger partial charge in [-0.05, 0) is 18.8 Å². The summed E-state index contributed by atoms with van der Waals surface area (Å²) in [6, 6.07) is -1.03. The van der Waals surface area contributed by atoms with Gasteiger partial charge in [0.2, 0.25) is 0 Å². The van der Waals surface area contributed by atoms with Crippen molar-refractivity contribution in [1.29, 1.82) is 0 Å². The van der Waals surface area contributed by atoms with E-state index < -0.39 is 42.5 Å². The van der Waals surface area contributed by atoms with Crippen LogP contribution >= 0.6 is 11.6 Å². The van der Waals surface area contributed by atoms with Gasteiger partial charge in [-0.1, -0.05) is 13.8 Å². The van der Waals surface area contributed by atoms with E-state index in [9.17, 15) is 30.1 Å². The number of aliphatic hydroxyl groups excluding tert-OH is 2. The van der Waals surface area contributed by atoms with Gasteiger partial charge < -0.3 is 29.9 Å². The lowest BCUT2D eigenvalue weighted by Crippen LogP contribution is -2.74. The number of carbonyl (C=O) groups excluding carboxylic acids is 1. The SMILES string of the molecule is CC(C)C[C@]1(O)OC[C@](O)(N(CC2CCCO2)C(=O)N(CCCl)N=O)[C@H](O)[C@H]1O. The lowest BCUT2D eigenvalue weighted by atomic mass is 9.86. The first kappa shape index (κ1) is 24.2. The maximum atomic E-state index is 12.9. The zero-order chi connectivity index (χ0) is 21.8. The normalized spacial score (nSPS) is 35.0. The van der Waals surface area contributed by atoms with E-state index in [0.29, 0.717) is 18.0 Å². The number of nitroso groups, excluding NO2 is 1. The van der Waals surface area contributed by atoms with Crippen LogP contribution in [0, 0.1) is 10.8 Å². The lowest BCUT2D eigenvalue weighted by molar-refractivity contribution is -0.368. The molecule has 29 heavy (non-hydrogen) atoms. The summed E-state index contributed by atoms with van der Waals surface area (Å²) in [6.07, 6.45) is -2.99. The molecule has 2 aliphatic rings. The summed E-state index contributed by atoms with van der Waals surface area (Å²) in [5, 5.41) is 46.1. The van der Waals surface area contributed by atoms with Crippen molar-refractivity contribution in [2.75, 3.05) is 32.2 Å². The Kier molecular flexibility index (Phi) is 8.19. The number of aliphatic hydroxyl groups is 4. The summed E-state index contributed by atoms with van der Waals surface area (Å²) in [7, 11) is 0. The minimum Gasteiger partial charge on any atom is -0.385 e. The standard InChI is InChI=1S/C17H30ClN3O8/c1-11(2)8-17(26)14(23)13(22)16(25,10-29-17)20(9-12-4-3-7-28-12)15(24)21(19-27)6-5-18/h11-14,22-23,25-26H,3-10H2,1-2H3/t12?,13-,14-,16-,17+/m1/s1. The third-order valence-corrected chi connectivity index (χ3v) is 5.36. The van der Waals surface area contributed by atoms with Crippen LogP contribution in [-0.4, -0.2) is 98.4 Å². The summed E-state index contributed by atoms with van der Waals surface area (Å²) >= 11 is 5.61. The average molecular weight is 440 g/mol. The van der Waals surface area contributed by atoms with Crippen LogP contribution in [0.25, 0.3) is 0 Å². The highest BCUT2D eigenvalue weighted by Gasteiger charge is 2.59. The van der Waals surface area contributed by atoms with Crippen molar-refractivity contribution in [3.8, 4) is 0 Å². The van der Waals surface area contributed by atoms with E-state index in [1.807, 2.05) is 0 Å². The molecule has 2 fully saturated rings. The van der Waals surface area contributed by atoms with Crippen molar-refractivity contribution >= 4 is 17.6 Å². The molecule has 0 aromatic heterocycles. The first-order valence-corrected chi connectivity index (χ1v) is 10.2. The zero-order valence-electron chi connectivity index (χ0n) is 16.6. The van der Waals surface area contributed by atoms with Crippen molar-refractivity contribution in [1.82, 2.24) is 9.91 Å². The molecule has 0 saturated carbocycles. The minimum absolute atomic E-state index is 0.00471. The van der Waals surface area contributed by atoms with Crippen LogP contribution in [0.4, 0.5) is 4.79 Å². The summed E-state index contributed by atoms with van der Waals surface area (Å²) in [4.78, 5) is 24.8. The van der Waals surface area contributed by atoms with Crippen LogP contribution in [0.1, 0.15) is 33.1 Å². The molecule has 168 valence electrons. The number of hydrogen-bond acceptors (Lipinski definition) is 9. The second-order valence-electron chi connectivity index (χ2n) is 7.92. The van der Waals surface area contributed by atoms with E-state index in [0.717, 1.165) is 11.3 Å². The molecule has 11 nitrogen and oxygen atoms in total. The maximum absolute atomic E-state index is 12.9. The van der Waals surface area contributed by atoms with E-state index in [-0.39, 0.29) is 31.3 Å². The Bertz CT molecular complexity index is 579. The molecule has 2 aliphatic heterocycles. The minimum atomic E-state index is -2.43. The summed E-state index contributed by atoms with van der Waals surface area (Å²) in [6.45, 7) is 2.94. The fourth-order valence-electron chi connectivity index (χ4n) is 3.69. The Morgan fingerprint density at radius 3 is 2.52 bits per heavy atom. The number of nitrogens with zero attached hydrogens (tertiary/aromatic N) is 3. The van der Waals surface area contributed by atoms with E-state index in [4.69, 9.17) is 21.1 Å². The maximum Gasteiger partial charge on any atom is 0.345 e. The Morgan fingerprint density at radius 2 is 2.00 bits per heavy atom. The van der Waals surface area contributed by atoms with Crippen LogP contribution in [-0.2, 0) is 9.47 Å². The highest BCUT2D eigenvalue weighted by Crippen LogP contribution is 2.37. The first-order valence-electron chi connectivity index (χ1n) is 9.64. The number of urea groups is 1. The van der Waals surface area contributed by atoms with Gasteiger partial charge in [0.25, 0.3) is 0 Å². The number of alkyl halides is 1. The Labute approximate surface area is 174 Å². The summed E-state index contributed by atoms with van der Waals surface area (Å²) in [5.41, 5.74) is -2.43. The third kappa shape index (κ3) is 5.16. The zero-order valence-corrected chi connectivity index (χ0v) is 17.4. The van der Waals surface area contributed by atoms with Crippen molar-refractivity contribution < 1.29 is 34.7 Å². The van der Waals surface area contributed by atoms with Gasteiger partial charge in [-0.3, -0.25) is 4.90 Å². The molecule has 0 aromatic rings. The predicted octanol–water partition coefficient (Wildman–Crippen LogP) is -0.0151. The van der Waals surface area contributed by atoms with Gasteiger partial charge in [0.1, 0.15) is 18.8 Å². The molecule has 0 aliphatic carbocycles. The van der Waals surface area contributed by atoms with Crippen molar-refractivity contribution in [3.63, 3.8) is 0 Å². The van der Waals surface area contributed by atoms with Gasteiger partial charge in [0.15, 0.2) is 11.5 Å². The van der Waals surface area contributed by atoms with Gasteiger partial charge in [-0.15, -0.1) is 16.5 Å². The molecule has 5 atom stereocenters. The van der Waals surface area contributed by atoms with Crippen LogP contribution in [0.2, 0.25) is 0 Å². The average Bonchev–Trinajstić information content (AvgIpc) is 3.18. The number of amides is 2. The largest absolute Gasteiger partial charge is 0.385 e. The number of carbonyl (C=O) groups is 1. The molecule has 0 radical (unpaired) electrons. The van der Waals surface area contributed by atoms with Crippen LogP contribution < -0.4 is 0 Å². The van der Waals surface area contributed by atoms with Crippen molar-refractivity contribution in [3.05, 3.63) is 4.91 Å². The van der Waals surface area contributed by atoms with Gasteiger partial charge in [-0.25, -0.2) is 4.79 Å². The second-order valence-corrected chi connectivity index (χ2v) is 8.30. The highest BCUT2D eigenvalue weighted by atomic mass is 35.5. The summed E-state index contributed by atoms with van der Waals surface area (Å²) < 4.78 is 10.9. The van der Waals surface area contributed by atoms with Gasteiger partial charge in [0, 0.05) is 18.9 Å². The van der Waals surface area contributed by atoms with E-state index in [1.54, 1.807) is 13.8 Å².